The molecule has 0 saturated carbocycles. The van der Waals surface area contributed by atoms with Crippen molar-refractivity contribution in [3.8, 4) is 0 Å². The molecule has 0 fully saturated rings. The predicted molar refractivity (Wildman–Crippen MR) is 61.4 cm³/mol. The van der Waals surface area contributed by atoms with Crippen molar-refractivity contribution in [2.45, 2.75) is 18.9 Å². The lowest BCUT2D eigenvalue weighted by atomic mass is 9.94. The SMILES string of the molecule is COC(=O)C(C)(N)Cc1ccc([N+](=O)[O-])cc1. The number of hydrogen-bond donors (Lipinski definition) is 1. The summed E-state index contributed by atoms with van der Waals surface area (Å²) in [5.41, 5.74) is 5.41. The Kier molecular flexibility index (Phi) is 3.80. The third-order valence-electron chi connectivity index (χ3n) is 2.37. The Labute approximate surface area is 98.5 Å². The van der Waals surface area contributed by atoms with Gasteiger partial charge in [-0.2, -0.15) is 0 Å². The molecule has 6 heteroatoms. The molecule has 0 aliphatic heterocycles. The van der Waals surface area contributed by atoms with Crippen LogP contribution < -0.4 is 5.73 Å². The average molecular weight is 238 g/mol. The van der Waals surface area contributed by atoms with Gasteiger partial charge in [-0.15, -0.1) is 0 Å². The van der Waals surface area contributed by atoms with Gasteiger partial charge in [-0.05, 0) is 12.5 Å². The fraction of sp³-hybridized carbons (Fsp3) is 0.364. The summed E-state index contributed by atoms with van der Waals surface area (Å²) in [6.45, 7) is 1.56. The van der Waals surface area contributed by atoms with E-state index < -0.39 is 16.4 Å². The van der Waals surface area contributed by atoms with Crippen molar-refractivity contribution in [1.82, 2.24) is 0 Å². The number of ether oxygens (including phenoxy) is 1. The maximum absolute atomic E-state index is 11.4. The van der Waals surface area contributed by atoms with Crippen molar-refractivity contribution < 1.29 is 14.5 Å². The van der Waals surface area contributed by atoms with Crippen LogP contribution in [0.15, 0.2) is 24.3 Å². The van der Waals surface area contributed by atoms with Crippen molar-refractivity contribution in [3.05, 3.63) is 39.9 Å². The molecular weight excluding hydrogens is 224 g/mol. The number of rotatable bonds is 4. The topological polar surface area (TPSA) is 95.5 Å². The molecule has 0 bridgehead atoms. The van der Waals surface area contributed by atoms with E-state index in [1.165, 1.54) is 19.2 Å². The summed E-state index contributed by atoms with van der Waals surface area (Å²) in [5.74, 6) is -0.518. The summed E-state index contributed by atoms with van der Waals surface area (Å²) in [6.07, 6.45) is 0.262. The number of nitro benzene ring substituents is 1. The third kappa shape index (κ3) is 3.25. The van der Waals surface area contributed by atoms with E-state index in [1.54, 1.807) is 19.1 Å². The summed E-state index contributed by atoms with van der Waals surface area (Å²) in [7, 11) is 1.27. The first kappa shape index (κ1) is 13.1. The van der Waals surface area contributed by atoms with E-state index in [2.05, 4.69) is 4.74 Å². The Morgan fingerprint density at radius 3 is 2.41 bits per heavy atom. The number of nitro groups is 1. The van der Waals surface area contributed by atoms with Gasteiger partial charge in [-0.25, -0.2) is 0 Å². The fourth-order valence-corrected chi connectivity index (χ4v) is 1.46. The molecule has 1 aromatic carbocycles. The molecule has 2 N–H and O–H groups in total. The number of methoxy groups -OCH3 is 1. The second kappa shape index (κ2) is 4.92. The predicted octanol–water partition coefficient (Wildman–Crippen LogP) is 1.03. The monoisotopic (exact) mass is 238 g/mol. The molecule has 0 heterocycles. The van der Waals surface area contributed by atoms with E-state index in [9.17, 15) is 14.9 Å². The summed E-state index contributed by atoms with van der Waals surface area (Å²) in [4.78, 5) is 21.3. The van der Waals surface area contributed by atoms with Gasteiger partial charge in [0.05, 0.1) is 12.0 Å². The van der Waals surface area contributed by atoms with Crippen molar-refractivity contribution in [1.29, 1.82) is 0 Å². The average Bonchev–Trinajstić information content (AvgIpc) is 2.28. The third-order valence-corrected chi connectivity index (χ3v) is 2.37. The van der Waals surface area contributed by atoms with E-state index >= 15 is 0 Å². The van der Waals surface area contributed by atoms with E-state index in [0.29, 0.717) is 0 Å². The van der Waals surface area contributed by atoms with Crippen LogP contribution in [0.4, 0.5) is 5.69 Å². The van der Waals surface area contributed by atoms with Gasteiger partial charge in [0.15, 0.2) is 0 Å². The van der Waals surface area contributed by atoms with Gasteiger partial charge in [-0.1, -0.05) is 12.1 Å². The number of esters is 1. The molecule has 0 amide bonds. The van der Waals surface area contributed by atoms with Crippen LogP contribution >= 0.6 is 0 Å². The second-order valence-corrected chi connectivity index (χ2v) is 4.01. The number of benzene rings is 1. The molecule has 0 aliphatic carbocycles. The van der Waals surface area contributed by atoms with Crippen LogP contribution in [0, 0.1) is 10.1 Å². The highest BCUT2D eigenvalue weighted by Gasteiger charge is 2.29. The Morgan fingerprint density at radius 1 is 1.47 bits per heavy atom. The summed E-state index contributed by atoms with van der Waals surface area (Å²) >= 11 is 0. The van der Waals surface area contributed by atoms with Crippen LogP contribution in [0.5, 0.6) is 0 Å². The molecule has 0 radical (unpaired) electrons. The largest absolute Gasteiger partial charge is 0.468 e. The lowest BCUT2D eigenvalue weighted by molar-refractivity contribution is -0.384. The Balaban J connectivity index is 2.82. The van der Waals surface area contributed by atoms with Crippen molar-refractivity contribution in [3.63, 3.8) is 0 Å². The minimum absolute atomic E-state index is 0.00513. The number of nitrogens with zero attached hydrogens (tertiary/aromatic N) is 1. The Bertz CT molecular complexity index is 426. The first-order chi connectivity index (χ1) is 7.86. The second-order valence-electron chi connectivity index (χ2n) is 4.01. The van der Waals surface area contributed by atoms with Gasteiger partial charge >= 0.3 is 5.97 Å². The minimum atomic E-state index is -1.13. The number of carbonyl (C=O) groups is 1. The number of nitrogens with two attached hydrogens (primary N) is 1. The molecule has 0 spiro atoms. The number of hydrogen-bond acceptors (Lipinski definition) is 5. The molecule has 92 valence electrons. The van der Waals surface area contributed by atoms with Gasteiger partial charge in [-0.3, -0.25) is 14.9 Å². The molecule has 1 rings (SSSR count). The van der Waals surface area contributed by atoms with E-state index in [1.807, 2.05) is 0 Å². The first-order valence-electron chi connectivity index (χ1n) is 4.97. The molecular formula is C11H14N2O4. The van der Waals surface area contributed by atoms with Gasteiger partial charge in [0.1, 0.15) is 5.54 Å². The normalized spacial score (nSPS) is 13.8. The molecule has 1 aromatic rings. The van der Waals surface area contributed by atoms with E-state index in [4.69, 9.17) is 5.73 Å². The highest BCUT2D eigenvalue weighted by atomic mass is 16.6. The van der Waals surface area contributed by atoms with Crippen LogP contribution in [0.2, 0.25) is 0 Å². The standard InChI is InChI=1S/C11H14N2O4/c1-11(12,10(14)17-2)7-8-3-5-9(6-4-8)13(15)16/h3-6H,7,12H2,1-2H3. The van der Waals surface area contributed by atoms with Crippen molar-refractivity contribution in [2.75, 3.05) is 7.11 Å². The zero-order chi connectivity index (χ0) is 13.1. The lowest BCUT2D eigenvalue weighted by Gasteiger charge is -2.21. The van der Waals surface area contributed by atoms with E-state index in [-0.39, 0.29) is 12.1 Å². The molecule has 6 nitrogen and oxygen atoms in total. The van der Waals surface area contributed by atoms with Gasteiger partial charge in [0.25, 0.3) is 5.69 Å². The zero-order valence-electron chi connectivity index (χ0n) is 9.67. The minimum Gasteiger partial charge on any atom is -0.468 e. The van der Waals surface area contributed by atoms with Gasteiger partial charge < -0.3 is 10.5 Å². The zero-order valence-corrected chi connectivity index (χ0v) is 9.67. The molecule has 17 heavy (non-hydrogen) atoms. The van der Waals surface area contributed by atoms with Crippen LogP contribution in [-0.4, -0.2) is 23.5 Å². The Hall–Kier alpha value is -1.95. The van der Waals surface area contributed by atoms with Crippen LogP contribution in [-0.2, 0) is 16.0 Å². The quantitative estimate of drug-likeness (QED) is 0.480. The first-order valence-corrected chi connectivity index (χ1v) is 4.97. The fourth-order valence-electron chi connectivity index (χ4n) is 1.46. The molecule has 1 unspecified atom stereocenters. The lowest BCUT2D eigenvalue weighted by Crippen LogP contribution is -2.47. The summed E-state index contributed by atoms with van der Waals surface area (Å²) in [5, 5.41) is 10.5. The maximum Gasteiger partial charge on any atom is 0.325 e. The van der Waals surface area contributed by atoms with Crippen molar-refractivity contribution >= 4 is 11.7 Å². The molecule has 0 aromatic heterocycles. The smallest absolute Gasteiger partial charge is 0.325 e. The van der Waals surface area contributed by atoms with Crippen LogP contribution in [0.3, 0.4) is 0 Å². The van der Waals surface area contributed by atoms with E-state index in [0.717, 1.165) is 5.56 Å². The summed E-state index contributed by atoms with van der Waals surface area (Å²) < 4.78 is 4.58. The molecule has 1 atom stereocenters. The molecule has 0 saturated heterocycles. The Morgan fingerprint density at radius 2 is 2.00 bits per heavy atom. The highest BCUT2D eigenvalue weighted by Crippen LogP contribution is 2.16. The number of carbonyl (C=O) groups excluding carboxylic acids is 1. The van der Waals surface area contributed by atoms with Crippen molar-refractivity contribution in [2.24, 2.45) is 5.73 Å². The highest BCUT2D eigenvalue weighted by molar-refractivity contribution is 5.80. The van der Waals surface area contributed by atoms with Crippen LogP contribution in [0.25, 0.3) is 0 Å². The number of non-ortho nitro benzene ring substituents is 1. The van der Waals surface area contributed by atoms with Crippen LogP contribution in [0.1, 0.15) is 12.5 Å². The van der Waals surface area contributed by atoms with Gasteiger partial charge in [0.2, 0.25) is 0 Å². The summed E-state index contributed by atoms with van der Waals surface area (Å²) in [6, 6.07) is 5.91. The molecule has 0 aliphatic rings. The maximum atomic E-state index is 11.4. The van der Waals surface area contributed by atoms with Gasteiger partial charge in [0, 0.05) is 18.6 Å².